The lowest BCUT2D eigenvalue weighted by Gasteiger charge is -2.33. The molecule has 0 bridgehead atoms. The van der Waals surface area contributed by atoms with E-state index in [0.29, 0.717) is 13.2 Å². The molecule has 2 aromatic heterocycles. The molecule has 1 fully saturated rings. The first-order valence-corrected chi connectivity index (χ1v) is 9.87. The molecule has 3 rings (SSSR count). The van der Waals surface area contributed by atoms with Gasteiger partial charge in [0.05, 0.1) is 26.0 Å². The average Bonchev–Trinajstić information content (AvgIpc) is 3.33. The lowest BCUT2D eigenvalue weighted by atomic mass is 10.3. The summed E-state index contributed by atoms with van der Waals surface area (Å²) in [7, 11) is 0. The second-order valence-electron chi connectivity index (χ2n) is 6.24. The number of hydrogen-bond acceptors (Lipinski definition) is 8. The Labute approximate surface area is 162 Å². The van der Waals surface area contributed by atoms with Gasteiger partial charge in [-0.25, -0.2) is 4.98 Å². The molecule has 1 amide bonds. The number of nitrogens with one attached hydrogen (secondary N) is 1. The van der Waals surface area contributed by atoms with Crippen LogP contribution in [0.5, 0.6) is 0 Å². The average molecular weight is 392 g/mol. The van der Waals surface area contributed by atoms with Gasteiger partial charge in [-0.2, -0.15) is 0 Å². The number of nitrogens with zero attached hydrogens (tertiary/aromatic N) is 3. The first kappa shape index (κ1) is 19.5. The van der Waals surface area contributed by atoms with Crippen molar-refractivity contribution < 1.29 is 18.7 Å². The molecular weight excluding hydrogens is 368 g/mol. The Bertz CT molecular complexity index is 738. The van der Waals surface area contributed by atoms with Crippen LogP contribution in [0.25, 0.3) is 11.5 Å². The number of furan rings is 1. The third-order valence-electron chi connectivity index (χ3n) is 4.25. The number of hydrogen-bond donors (Lipinski definition) is 1. The number of carbonyl (C=O) groups is 2. The summed E-state index contributed by atoms with van der Waals surface area (Å²) >= 11 is 1.63. The standard InChI is InChI=1S/C18H24N4O4S/c1-2-25-18(24)10-19-16(23)11-21-5-7-22(8-6-21)12-17-20-14(13-27-17)15-4-3-9-26-15/h3-4,9,13H,2,5-8,10-12H2,1H3,(H,19,23). The van der Waals surface area contributed by atoms with Crippen LogP contribution in [0, 0.1) is 0 Å². The number of amides is 1. The van der Waals surface area contributed by atoms with Crippen molar-refractivity contribution >= 4 is 23.2 Å². The van der Waals surface area contributed by atoms with Gasteiger partial charge in [0, 0.05) is 31.6 Å². The van der Waals surface area contributed by atoms with Gasteiger partial charge in [-0.3, -0.25) is 19.4 Å². The maximum atomic E-state index is 11.9. The highest BCUT2D eigenvalue weighted by molar-refractivity contribution is 7.09. The predicted octanol–water partition coefficient (Wildman–Crippen LogP) is 1.20. The maximum absolute atomic E-state index is 11.9. The molecule has 3 heterocycles. The molecule has 0 radical (unpaired) electrons. The number of piperazine rings is 1. The minimum Gasteiger partial charge on any atom is -0.465 e. The van der Waals surface area contributed by atoms with E-state index >= 15 is 0 Å². The molecule has 1 aliphatic heterocycles. The Balaban J connectivity index is 1.38. The van der Waals surface area contributed by atoms with Crippen molar-refractivity contribution in [2.24, 2.45) is 0 Å². The molecular formula is C18H24N4O4S. The zero-order chi connectivity index (χ0) is 19.1. The summed E-state index contributed by atoms with van der Waals surface area (Å²) in [5, 5.41) is 5.67. The monoisotopic (exact) mass is 392 g/mol. The summed E-state index contributed by atoms with van der Waals surface area (Å²) in [6.45, 7) is 6.45. The van der Waals surface area contributed by atoms with Crippen molar-refractivity contribution in [2.75, 3.05) is 45.9 Å². The van der Waals surface area contributed by atoms with E-state index in [1.807, 2.05) is 17.5 Å². The SMILES string of the molecule is CCOC(=O)CNC(=O)CN1CCN(Cc2nc(-c3ccco3)cs2)CC1. The first-order chi connectivity index (χ1) is 13.1. The largest absolute Gasteiger partial charge is 0.465 e. The Morgan fingerprint density at radius 2 is 2.07 bits per heavy atom. The Morgan fingerprint density at radius 1 is 1.30 bits per heavy atom. The van der Waals surface area contributed by atoms with Gasteiger partial charge in [0.2, 0.25) is 5.91 Å². The van der Waals surface area contributed by atoms with Gasteiger partial charge in [0.15, 0.2) is 5.76 Å². The zero-order valence-electron chi connectivity index (χ0n) is 15.3. The van der Waals surface area contributed by atoms with Crippen molar-refractivity contribution in [2.45, 2.75) is 13.5 Å². The Hall–Kier alpha value is -2.23. The van der Waals surface area contributed by atoms with E-state index in [0.717, 1.165) is 49.2 Å². The summed E-state index contributed by atoms with van der Waals surface area (Å²) in [6.07, 6.45) is 1.65. The molecule has 0 atom stereocenters. The van der Waals surface area contributed by atoms with Crippen LogP contribution in [0.15, 0.2) is 28.2 Å². The molecule has 2 aromatic rings. The van der Waals surface area contributed by atoms with Crippen molar-refractivity contribution in [3.8, 4) is 11.5 Å². The van der Waals surface area contributed by atoms with Gasteiger partial charge < -0.3 is 14.5 Å². The van der Waals surface area contributed by atoms with Crippen molar-refractivity contribution in [1.29, 1.82) is 0 Å². The molecule has 0 aromatic carbocycles. The molecule has 1 aliphatic rings. The highest BCUT2D eigenvalue weighted by Crippen LogP contribution is 2.23. The third-order valence-corrected chi connectivity index (χ3v) is 5.09. The zero-order valence-corrected chi connectivity index (χ0v) is 16.2. The molecule has 1 saturated heterocycles. The molecule has 0 spiro atoms. The van der Waals surface area contributed by atoms with Crippen LogP contribution in [0.3, 0.4) is 0 Å². The fraction of sp³-hybridized carbons (Fsp3) is 0.500. The summed E-state index contributed by atoms with van der Waals surface area (Å²) in [5.41, 5.74) is 0.872. The van der Waals surface area contributed by atoms with E-state index < -0.39 is 5.97 Å². The van der Waals surface area contributed by atoms with Crippen molar-refractivity contribution in [1.82, 2.24) is 20.1 Å². The highest BCUT2D eigenvalue weighted by Gasteiger charge is 2.20. The van der Waals surface area contributed by atoms with Crippen molar-refractivity contribution in [3.05, 3.63) is 28.8 Å². The Morgan fingerprint density at radius 3 is 2.78 bits per heavy atom. The molecule has 0 aliphatic carbocycles. The van der Waals surface area contributed by atoms with Gasteiger partial charge in [0.1, 0.15) is 17.2 Å². The van der Waals surface area contributed by atoms with E-state index in [1.54, 1.807) is 24.5 Å². The minimum atomic E-state index is -0.409. The van der Waals surface area contributed by atoms with Crippen LogP contribution in [-0.2, 0) is 20.9 Å². The minimum absolute atomic E-state index is 0.0747. The smallest absolute Gasteiger partial charge is 0.325 e. The van der Waals surface area contributed by atoms with Gasteiger partial charge >= 0.3 is 5.97 Å². The predicted molar refractivity (Wildman–Crippen MR) is 101 cm³/mol. The fourth-order valence-corrected chi connectivity index (χ4v) is 3.68. The number of carbonyl (C=O) groups excluding carboxylic acids is 2. The van der Waals surface area contributed by atoms with E-state index in [9.17, 15) is 9.59 Å². The molecule has 0 unspecified atom stereocenters. The van der Waals surface area contributed by atoms with Gasteiger partial charge in [-0.1, -0.05) is 0 Å². The van der Waals surface area contributed by atoms with Gasteiger partial charge in [-0.15, -0.1) is 11.3 Å². The third kappa shape index (κ3) is 5.88. The summed E-state index contributed by atoms with van der Waals surface area (Å²) in [4.78, 5) is 32.2. The Kier molecular flexibility index (Phi) is 6.97. The van der Waals surface area contributed by atoms with Gasteiger partial charge in [-0.05, 0) is 19.1 Å². The van der Waals surface area contributed by atoms with Crippen molar-refractivity contribution in [3.63, 3.8) is 0 Å². The van der Waals surface area contributed by atoms with Gasteiger partial charge in [0.25, 0.3) is 0 Å². The number of esters is 1. The normalized spacial score (nSPS) is 15.6. The fourth-order valence-electron chi connectivity index (χ4n) is 2.86. The number of thiazole rings is 1. The molecule has 8 nitrogen and oxygen atoms in total. The van der Waals surface area contributed by atoms with E-state index in [1.165, 1.54) is 0 Å². The number of aromatic nitrogens is 1. The van der Waals surface area contributed by atoms with Crippen LogP contribution in [0.2, 0.25) is 0 Å². The second kappa shape index (κ2) is 9.63. The first-order valence-electron chi connectivity index (χ1n) is 8.99. The highest BCUT2D eigenvalue weighted by atomic mass is 32.1. The molecule has 9 heteroatoms. The van der Waals surface area contributed by atoms with Crippen LogP contribution in [-0.4, -0.2) is 72.5 Å². The van der Waals surface area contributed by atoms with Crippen LogP contribution >= 0.6 is 11.3 Å². The molecule has 1 N–H and O–H groups in total. The van der Waals surface area contributed by atoms with Crippen LogP contribution in [0.4, 0.5) is 0 Å². The van der Waals surface area contributed by atoms with E-state index in [4.69, 9.17) is 9.15 Å². The lowest BCUT2D eigenvalue weighted by molar-refractivity contribution is -0.143. The molecule has 27 heavy (non-hydrogen) atoms. The van der Waals surface area contributed by atoms with E-state index in [-0.39, 0.29) is 12.5 Å². The van der Waals surface area contributed by atoms with Crippen LogP contribution < -0.4 is 5.32 Å². The maximum Gasteiger partial charge on any atom is 0.325 e. The lowest BCUT2D eigenvalue weighted by Crippen LogP contribution is -2.49. The summed E-state index contributed by atoms with van der Waals surface area (Å²) in [6, 6.07) is 3.76. The molecule has 146 valence electrons. The molecule has 0 saturated carbocycles. The summed E-state index contributed by atoms with van der Waals surface area (Å²) in [5.74, 6) is 0.226. The number of ether oxygens (including phenoxy) is 1. The topological polar surface area (TPSA) is 87.9 Å². The summed E-state index contributed by atoms with van der Waals surface area (Å²) < 4.78 is 10.2. The second-order valence-corrected chi connectivity index (χ2v) is 7.18. The quantitative estimate of drug-likeness (QED) is 0.676. The van der Waals surface area contributed by atoms with E-state index in [2.05, 4.69) is 20.1 Å². The van der Waals surface area contributed by atoms with Crippen LogP contribution in [0.1, 0.15) is 11.9 Å². The number of rotatable bonds is 8.